The predicted octanol–water partition coefficient (Wildman–Crippen LogP) is 4.67. The fourth-order valence-electron chi connectivity index (χ4n) is 2.67. The molecule has 0 heterocycles. The highest BCUT2D eigenvalue weighted by molar-refractivity contribution is 9.10. The van der Waals surface area contributed by atoms with Crippen LogP contribution in [0.1, 0.15) is 28.8 Å². The summed E-state index contributed by atoms with van der Waals surface area (Å²) < 4.78 is 11.5. The van der Waals surface area contributed by atoms with E-state index < -0.39 is 0 Å². The quantitative estimate of drug-likeness (QED) is 0.780. The fraction of sp³-hybridized carbons (Fsp3) is 0.316. The molecule has 1 saturated carbocycles. The minimum absolute atomic E-state index is 0.147. The molecule has 0 saturated heterocycles. The second-order valence-electron chi connectivity index (χ2n) is 5.95. The number of amides is 1. The molecule has 0 atom stereocenters. The first-order chi connectivity index (χ1) is 11.6. The molecule has 0 unspecified atom stereocenters. The number of rotatable bonds is 6. The molecule has 1 amide bonds. The SMILES string of the molecule is COc1cc(CC2CC2)c(NC(=O)c2ccccc2Br)cc1OC. The summed E-state index contributed by atoms with van der Waals surface area (Å²) in [6, 6.07) is 11.2. The summed E-state index contributed by atoms with van der Waals surface area (Å²) in [4.78, 5) is 12.6. The van der Waals surface area contributed by atoms with Crippen LogP contribution < -0.4 is 14.8 Å². The maximum atomic E-state index is 12.6. The summed E-state index contributed by atoms with van der Waals surface area (Å²) in [5, 5.41) is 3.02. The molecule has 2 aromatic rings. The van der Waals surface area contributed by atoms with Gasteiger partial charge in [-0.05, 0) is 64.9 Å². The van der Waals surface area contributed by atoms with Crippen molar-refractivity contribution in [3.63, 3.8) is 0 Å². The van der Waals surface area contributed by atoms with E-state index in [2.05, 4.69) is 21.2 Å². The van der Waals surface area contributed by atoms with Crippen molar-refractivity contribution in [2.24, 2.45) is 5.92 Å². The zero-order valence-corrected chi connectivity index (χ0v) is 15.4. The third-order valence-electron chi connectivity index (χ3n) is 4.18. The van der Waals surface area contributed by atoms with Gasteiger partial charge in [0, 0.05) is 16.2 Å². The lowest BCUT2D eigenvalue weighted by molar-refractivity contribution is 0.102. The van der Waals surface area contributed by atoms with Crippen LogP contribution in [0.25, 0.3) is 0 Å². The van der Waals surface area contributed by atoms with E-state index in [1.807, 2.05) is 30.3 Å². The van der Waals surface area contributed by atoms with Crippen molar-refractivity contribution >= 4 is 27.5 Å². The molecule has 4 nitrogen and oxygen atoms in total. The molecule has 2 aromatic carbocycles. The summed E-state index contributed by atoms with van der Waals surface area (Å²) in [5.74, 6) is 1.85. The van der Waals surface area contributed by atoms with E-state index in [1.165, 1.54) is 12.8 Å². The molecule has 1 aliphatic rings. The summed E-state index contributed by atoms with van der Waals surface area (Å²) >= 11 is 3.42. The molecule has 1 N–H and O–H groups in total. The third kappa shape index (κ3) is 3.73. The maximum Gasteiger partial charge on any atom is 0.256 e. The summed E-state index contributed by atoms with van der Waals surface area (Å²) in [6.07, 6.45) is 3.42. The second kappa shape index (κ2) is 7.26. The van der Waals surface area contributed by atoms with E-state index in [0.29, 0.717) is 23.0 Å². The molecule has 126 valence electrons. The summed E-state index contributed by atoms with van der Waals surface area (Å²) in [7, 11) is 3.22. The Bertz CT molecular complexity index is 756. The highest BCUT2D eigenvalue weighted by Crippen LogP contribution is 2.39. The number of carbonyl (C=O) groups excluding carboxylic acids is 1. The topological polar surface area (TPSA) is 47.6 Å². The van der Waals surface area contributed by atoms with Crippen LogP contribution in [0, 0.1) is 5.92 Å². The summed E-state index contributed by atoms with van der Waals surface area (Å²) in [5.41, 5.74) is 2.46. The normalized spacial score (nSPS) is 13.5. The molecule has 1 fully saturated rings. The Balaban J connectivity index is 1.92. The van der Waals surface area contributed by atoms with E-state index in [9.17, 15) is 4.79 Å². The van der Waals surface area contributed by atoms with Crippen molar-refractivity contribution in [1.82, 2.24) is 0 Å². The minimum atomic E-state index is -0.147. The van der Waals surface area contributed by atoms with Gasteiger partial charge >= 0.3 is 0 Å². The van der Waals surface area contributed by atoms with Crippen LogP contribution in [-0.2, 0) is 6.42 Å². The van der Waals surface area contributed by atoms with Crippen molar-refractivity contribution in [2.75, 3.05) is 19.5 Å². The molecular weight excluding hydrogens is 370 g/mol. The monoisotopic (exact) mass is 389 g/mol. The Morgan fingerprint density at radius 2 is 1.83 bits per heavy atom. The van der Waals surface area contributed by atoms with Crippen molar-refractivity contribution in [2.45, 2.75) is 19.3 Å². The smallest absolute Gasteiger partial charge is 0.256 e. The van der Waals surface area contributed by atoms with Gasteiger partial charge in [-0.15, -0.1) is 0 Å². The van der Waals surface area contributed by atoms with Gasteiger partial charge in [0.25, 0.3) is 5.91 Å². The molecule has 0 spiro atoms. The van der Waals surface area contributed by atoms with Gasteiger partial charge in [0.1, 0.15) is 0 Å². The van der Waals surface area contributed by atoms with Gasteiger partial charge in [0.2, 0.25) is 0 Å². The van der Waals surface area contributed by atoms with Gasteiger partial charge in [0.15, 0.2) is 11.5 Å². The van der Waals surface area contributed by atoms with Gasteiger partial charge in [-0.25, -0.2) is 0 Å². The van der Waals surface area contributed by atoms with Crippen LogP contribution >= 0.6 is 15.9 Å². The van der Waals surface area contributed by atoms with Crippen LogP contribution in [0.5, 0.6) is 11.5 Å². The third-order valence-corrected chi connectivity index (χ3v) is 4.87. The highest BCUT2D eigenvalue weighted by atomic mass is 79.9. The lowest BCUT2D eigenvalue weighted by Gasteiger charge is -2.16. The number of carbonyl (C=O) groups is 1. The van der Waals surface area contributed by atoms with Crippen LogP contribution in [0.2, 0.25) is 0 Å². The number of benzene rings is 2. The van der Waals surface area contributed by atoms with Gasteiger partial charge in [0.05, 0.1) is 19.8 Å². The molecule has 1 aliphatic carbocycles. The Kier molecular flexibility index (Phi) is 5.09. The molecular formula is C19H20BrNO3. The Labute approximate surface area is 150 Å². The van der Waals surface area contributed by atoms with Crippen LogP contribution in [0.15, 0.2) is 40.9 Å². The average Bonchev–Trinajstić information content (AvgIpc) is 3.40. The Morgan fingerprint density at radius 3 is 2.46 bits per heavy atom. The van der Waals surface area contributed by atoms with Gasteiger partial charge in [-0.3, -0.25) is 4.79 Å². The molecule has 24 heavy (non-hydrogen) atoms. The number of hydrogen-bond acceptors (Lipinski definition) is 3. The van der Waals surface area contributed by atoms with Crippen molar-refractivity contribution < 1.29 is 14.3 Å². The first-order valence-corrected chi connectivity index (χ1v) is 8.72. The first kappa shape index (κ1) is 16.8. The van der Waals surface area contributed by atoms with E-state index in [1.54, 1.807) is 20.3 Å². The summed E-state index contributed by atoms with van der Waals surface area (Å²) in [6.45, 7) is 0. The van der Waals surface area contributed by atoms with E-state index in [4.69, 9.17) is 9.47 Å². The molecule has 0 radical (unpaired) electrons. The number of methoxy groups -OCH3 is 2. The molecule has 0 aliphatic heterocycles. The van der Waals surface area contributed by atoms with Crippen molar-refractivity contribution in [1.29, 1.82) is 0 Å². The van der Waals surface area contributed by atoms with E-state index in [-0.39, 0.29) is 5.91 Å². The average molecular weight is 390 g/mol. The maximum absolute atomic E-state index is 12.6. The van der Waals surface area contributed by atoms with E-state index in [0.717, 1.165) is 22.1 Å². The van der Waals surface area contributed by atoms with Crippen molar-refractivity contribution in [3.05, 3.63) is 52.0 Å². The van der Waals surface area contributed by atoms with Crippen molar-refractivity contribution in [3.8, 4) is 11.5 Å². The number of hydrogen-bond donors (Lipinski definition) is 1. The van der Waals surface area contributed by atoms with Gasteiger partial charge in [-0.2, -0.15) is 0 Å². The van der Waals surface area contributed by atoms with Crippen LogP contribution in [0.3, 0.4) is 0 Å². The zero-order valence-electron chi connectivity index (χ0n) is 13.8. The van der Waals surface area contributed by atoms with Crippen LogP contribution in [0.4, 0.5) is 5.69 Å². The molecule has 3 rings (SSSR count). The standard InChI is InChI=1S/C19H20BrNO3/c1-23-17-10-13(9-12-7-8-12)16(11-18(17)24-2)21-19(22)14-5-3-4-6-15(14)20/h3-6,10-12H,7-9H2,1-2H3,(H,21,22). The lowest BCUT2D eigenvalue weighted by atomic mass is 10.0. The fourth-order valence-corrected chi connectivity index (χ4v) is 3.14. The number of ether oxygens (including phenoxy) is 2. The number of anilines is 1. The predicted molar refractivity (Wildman–Crippen MR) is 98.1 cm³/mol. The lowest BCUT2D eigenvalue weighted by Crippen LogP contribution is -2.14. The molecule has 5 heteroatoms. The number of halogens is 1. The zero-order chi connectivity index (χ0) is 17.1. The van der Waals surface area contributed by atoms with Gasteiger partial charge < -0.3 is 14.8 Å². The van der Waals surface area contributed by atoms with E-state index >= 15 is 0 Å². The first-order valence-electron chi connectivity index (χ1n) is 7.93. The Morgan fingerprint density at radius 1 is 1.17 bits per heavy atom. The van der Waals surface area contributed by atoms with Crippen LogP contribution in [-0.4, -0.2) is 20.1 Å². The largest absolute Gasteiger partial charge is 0.493 e. The number of nitrogens with one attached hydrogen (secondary N) is 1. The minimum Gasteiger partial charge on any atom is -0.493 e. The molecule has 0 bridgehead atoms. The molecule has 0 aromatic heterocycles. The highest BCUT2D eigenvalue weighted by Gasteiger charge is 2.24. The Hall–Kier alpha value is -2.01. The second-order valence-corrected chi connectivity index (χ2v) is 6.80. The van der Waals surface area contributed by atoms with Gasteiger partial charge in [-0.1, -0.05) is 12.1 Å².